The molecule has 1 aromatic heterocycles. The van der Waals surface area contributed by atoms with Gasteiger partial charge in [-0.25, -0.2) is 17.9 Å². The Labute approximate surface area is 131 Å². The van der Waals surface area contributed by atoms with E-state index < -0.39 is 16.0 Å². The highest BCUT2D eigenvalue weighted by molar-refractivity contribution is 7.89. The Morgan fingerprint density at radius 2 is 2.00 bits per heavy atom. The number of ether oxygens (including phenoxy) is 1. The number of hydrogen-bond acceptors (Lipinski definition) is 4. The van der Waals surface area contributed by atoms with Gasteiger partial charge in [0, 0.05) is 18.8 Å². The van der Waals surface area contributed by atoms with Crippen LogP contribution in [0.1, 0.15) is 55.2 Å². The zero-order valence-electron chi connectivity index (χ0n) is 13.4. The lowest BCUT2D eigenvalue weighted by Crippen LogP contribution is -2.36. The molecule has 1 heterocycles. The second-order valence-corrected chi connectivity index (χ2v) is 7.40. The van der Waals surface area contributed by atoms with Gasteiger partial charge in [0.15, 0.2) is 0 Å². The molecule has 0 atom stereocenters. The Hall–Kier alpha value is -1.34. The third kappa shape index (κ3) is 3.52. The van der Waals surface area contributed by atoms with E-state index in [0.717, 1.165) is 32.1 Å². The average Bonchev–Trinajstić information content (AvgIpc) is 2.77. The molecule has 0 aromatic carbocycles. The first kappa shape index (κ1) is 17.0. The van der Waals surface area contributed by atoms with Crippen LogP contribution in [0.4, 0.5) is 0 Å². The maximum atomic E-state index is 12.6. The molecular formula is C15H24N2O4S. The van der Waals surface area contributed by atoms with Gasteiger partial charge in [-0.1, -0.05) is 19.3 Å². The molecule has 7 heteroatoms. The van der Waals surface area contributed by atoms with Crippen LogP contribution in [0, 0.1) is 6.92 Å². The lowest BCUT2D eigenvalue weighted by molar-refractivity contribution is 0.0515. The van der Waals surface area contributed by atoms with E-state index in [1.54, 1.807) is 25.5 Å². The lowest BCUT2D eigenvalue weighted by atomic mass is 9.96. The minimum Gasteiger partial charge on any atom is -0.461 e. The molecule has 124 valence electrons. The zero-order valence-corrected chi connectivity index (χ0v) is 14.2. The SMILES string of the molecule is CCOC(=O)c1cc(S(=O)(=O)NC2CCCCC2)c(C)n1C. The summed E-state index contributed by atoms with van der Waals surface area (Å²) in [5.74, 6) is -0.507. The summed E-state index contributed by atoms with van der Waals surface area (Å²) in [5.41, 5.74) is 0.787. The molecule has 0 aliphatic heterocycles. The predicted octanol–water partition coefficient (Wildman–Crippen LogP) is 2.12. The van der Waals surface area contributed by atoms with Crippen molar-refractivity contribution >= 4 is 16.0 Å². The van der Waals surface area contributed by atoms with Crippen LogP contribution < -0.4 is 4.72 Å². The molecule has 2 rings (SSSR count). The number of esters is 1. The minimum atomic E-state index is -3.62. The van der Waals surface area contributed by atoms with Crippen LogP contribution >= 0.6 is 0 Å². The van der Waals surface area contributed by atoms with Crippen molar-refractivity contribution < 1.29 is 17.9 Å². The van der Waals surface area contributed by atoms with Gasteiger partial charge in [0.2, 0.25) is 10.0 Å². The van der Waals surface area contributed by atoms with Crippen molar-refractivity contribution in [1.82, 2.24) is 9.29 Å². The summed E-state index contributed by atoms with van der Waals surface area (Å²) in [4.78, 5) is 12.0. The van der Waals surface area contributed by atoms with E-state index in [-0.39, 0.29) is 23.2 Å². The Balaban J connectivity index is 2.27. The summed E-state index contributed by atoms with van der Waals surface area (Å²) in [6, 6.07) is 1.39. The second-order valence-electron chi connectivity index (χ2n) is 5.71. The van der Waals surface area contributed by atoms with E-state index in [4.69, 9.17) is 4.74 Å². The molecule has 0 bridgehead atoms. The molecule has 1 aliphatic rings. The van der Waals surface area contributed by atoms with Crippen molar-refractivity contribution in [3.05, 3.63) is 17.5 Å². The van der Waals surface area contributed by atoms with Crippen LogP contribution in [0.3, 0.4) is 0 Å². The standard InChI is InChI=1S/C15H24N2O4S/c1-4-21-15(18)13-10-14(11(2)17(13)3)22(19,20)16-12-8-6-5-7-9-12/h10,12,16H,4-9H2,1-3H3. The summed E-state index contributed by atoms with van der Waals surface area (Å²) in [6.07, 6.45) is 5.01. The Bertz CT molecular complexity index is 643. The highest BCUT2D eigenvalue weighted by Gasteiger charge is 2.27. The first-order chi connectivity index (χ1) is 10.4. The molecule has 1 N–H and O–H groups in total. The Morgan fingerprint density at radius 3 is 2.59 bits per heavy atom. The molecule has 1 aromatic rings. The highest BCUT2D eigenvalue weighted by Crippen LogP contribution is 2.23. The van der Waals surface area contributed by atoms with Gasteiger partial charge in [-0.15, -0.1) is 0 Å². The van der Waals surface area contributed by atoms with Crippen LogP contribution in [0.5, 0.6) is 0 Å². The minimum absolute atomic E-state index is 0.00982. The zero-order chi connectivity index (χ0) is 16.3. The van der Waals surface area contributed by atoms with Gasteiger partial charge in [-0.3, -0.25) is 0 Å². The molecule has 22 heavy (non-hydrogen) atoms. The highest BCUT2D eigenvalue weighted by atomic mass is 32.2. The van der Waals surface area contributed by atoms with E-state index in [0.29, 0.717) is 5.69 Å². The maximum absolute atomic E-state index is 12.6. The Morgan fingerprint density at radius 1 is 1.36 bits per heavy atom. The lowest BCUT2D eigenvalue weighted by Gasteiger charge is -2.22. The molecule has 1 fully saturated rings. The van der Waals surface area contributed by atoms with Crippen LogP contribution in [-0.4, -0.2) is 31.6 Å². The van der Waals surface area contributed by atoms with Crippen LogP contribution in [0.15, 0.2) is 11.0 Å². The van der Waals surface area contributed by atoms with Gasteiger partial charge >= 0.3 is 5.97 Å². The third-order valence-electron chi connectivity index (χ3n) is 4.19. The number of hydrogen-bond donors (Lipinski definition) is 1. The summed E-state index contributed by atoms with van der Waals surface area (Å²) >= 11 is 0. The van der Waals surface area contributed by atoms with Gasteiger partial charge < -0.3 is 9.30 Å². The van der Waals surface area contributed by atoms with Gasteiger partial charge in [0.25, 0.3) is 0 Å². The van der Waals surface area contributed by atoms with Crippen molar-refractivity contribution in [1.29, 1.82) is 0 Å². The van der Waals surface area contributed by atoms with Crippen molar-refractivity contribution in [2.75, 3.05) is 6.61 Å². The molecule has 0 spiro atoms. The van der Waals surface area contributed by atoms with Gasteiger partial charge in [0.1, 0.15) is 10.6 Å². The van der Waals surface area contributed by atoms with E-state index >= 15 is 0 Å². The molecule has 0 radical (unpaired) electrons. The molecule has 1 saturated carbocycles. The predicted molar refractivity (Wildman–Crippen MR) is 83.3 cm³/mol. The summed E-state index contributed by atoms with van der Waals surface area (Å²) in [7, 11) is -1.95. The number of aromatic nitrogens is 1. The third-order valence-corrected chi connectivity index (χ3v) is 5.83. The van der Waals surface area contributed by atoms with Crippen molar-refractivity contribution in [2.24, 2.45) is 7.05 Å². The van der Waals surface area contributed by atoms with Gasteiger partial charge in [-0.2, -0.15) is 0 Å². The number of nitrogens with one attached hydrogen (secondary N) is 1. The number of carbonyl (C=O) groups excluding carboxylic acids is 1. The van der Waals surface area contributed by atoms with Crippen molar-refractivity contribution in [3.8, 4) is 0 Å². The van der Waals surface area contributed by atoms with E-state index in [2.05, 4.69) is 4.72 Å². The second kappa shape index (κ2) is 6.83. The van der Waals surface area contributed by atoms with Crippen LogP contribution in [0.2, 0.25) is 0 Å². The molecule has 1 aliphatic carbocycles. The fraction of sp³-hybridized carbons (Fsp3) is 0.667. The fourth-order valence-electron chi connectivity index (χ4n) is 2.85. The maximum Gasteiger partial charge on any atom is 0.354 e. The average molecular weight is 328 g/mol. The molecule has 6 nitrogen and oxygen atoms in total. The van der Waals surface area contributed by atoms with Crippen LogP contribution in [0.25, 0.3) is 0 Å². The van der Waals surface area contributed by atoms with Gasteiger partial charge in [-0.05, 0) is 32.8 Å². The summed E-state index contributed by atoms with van der Waals surface area (Å²) in [6.45, 7) is 3.67. The normalized spacial score (nSPS) is 16.7. The number of rotatable bonds is 5. The molecule has 0 saturated heterocycles. The topological polar surface area (TPSA) is 77.4 Å². The van der Waals surface area contributed by atoms with E-state index in [1.165, 1.54) is 6.07 Å². The first-order valence-corrected chi connectivity index (χ1v) is 9.21. The molecule has 0 amide bonds. The molecular weight excluding hydrogens is 304 g/mol. The summed E-state index contributed by atoms with van der Waals surface area (Å²) in [5, 5.41) is 0. The molecule has 0 unspecified atom stereocenters. The van der Waals surface area contributed by atoms with E-state index in [1.807, 2.05) is 0 Å². The number of carbonyl (C=O) groups is 1. The summed E-state index contributed by atoms with van der Waals surface area (Å²) < 4.78 is 34.5. The quantitative estimate of drug-likeness (QED) is 0.840. The largest absolute Gasteiger partial charge is 0.461 e. The van der Waals surface area contributed by atoms with Gasteiger partial charge in [0.05, 0.1) is 6.61 Å². The van der Waals surface area contributed by atoms with Crippen LogP contribution in [-0.2, 0) is 21.8 Å². The fourth-order valence-corrected chi connectivity index (χ4v) is 4.44. The number of sulfonamides is 1. The Kier molecular flexibility index (Phi) is 5.28. The van der Waals surface area contributed by atoms with Crippen molar-refractivity contribution in [2.45, 2.75) is 56.9 Å². The monoisotopic (exact) mass is 328 g/mol. The number of nitrogens with zero attached hydrogens (tertiary/aromatic N) is 1. The first-order valence-electron chi connectivity index (χ1n) is 7.72. The van der Waals surface area contributed by atoms with Crippen molar-refractivity contribution in [3.63, 3.8) is 0 Å². The smallest absolute Gasteiger partial charge is 0.354 e. The van der Waals surface area contributed by atoms with E-state index in [9.17, 15) is 13.2 Å².